The van der Waals surface area contributed by atoms with Crippen molar-refractivity contribution in [3.63, 3.8) is 0 Å². The molecule has 0 heterocycles. The van der Waals surface area contributed by atoms with Gasteiger partial charge in [-0.25, -0.2) is 0 Å². The van der Waals surface area contributed by atoms with E-state index in [0.717, 1.165) is 61.3 Å². The summed E-state index contributed by atoms with van der Waals surface area (Å²) in [7, 11) is -3.37. The Bertz CT molecular complexity index is 1870. The Kier molecular flexibility index (Phi) is 17.9. The van der Waals surface area contributed by atoms with Crippen molar-refractivity contribution in [3.05, 3.63) is 287 Å². The van der Waals surface area contributed by atoms with Crippen LogP contribution in [0.4, 0.5) is 0 Å². The molecule has 0 aromatic heterocycles. The lowest BCUT2D eigenvalue weighted by atomic mass is 10.0. The molecule has 0 bridgehead atoms. The number of benzene rings is 8. The summed E-state index contributed by atoms with van der Waals surface area (Å²) in [5, 5.41) is 0. The maximum absolute atomic E-state index is 8.48. The van der Waals surface area contributed by atoms with Gasteiger partial charge in [0.25, 0.3) is 0 Å². The molecular weight excluding hydrogens is 780 g/mol. The highest BCUT2D eigenvalue weighted by atomic mass is 31.2. The van der Waals surface area contributed by atoms with Crippen molar-refractivity contribution in [3.8, 4) is 0 Å². The molecule has 8 rings (SSSR count). The van der Waals surface area contributed by atoms with Crippen LogP contribution in [0, 0.1) is 0 Å². The van der Waals surface area contributed by atoms with Gasteiger partial charge in [-0.2, -0.15) is 0 Å². The Hall–Kier alpha value is -6.01. The van der Waals surface area contributed by atoms with Gasteiger partial charge in [-0.15, -0.1) is 0 Å². The first kappa shape index (κ1) is 45.5. The highest BCUT2D eigenvalue weighted by Gasteiger charge is 2.31. The molecule has 0 unspecified atom stereocenters. The summed E-state index contributed by atoms with van der Waals surface area (Å²) in [6.07, 6.45) is 0. The number of hydrogen-bond acceptors (Lipinski definition) is 3. The average molecular weight is 837 g/mol. The maximum Gasteiger partial charge on any atom is 1.00 e. The molecule has 0 fully saturated rings. The Labute approximate surface area is 371 Å². The van der Waals surface area contributed by atoms with Gasteiger partial charge in [0.2, 0.25) is 0 Å². The molecule has 6 heteroatoms. The van der Waals surface area contributed by atoms with Gasteiger partial charge >= 0.3 is 1.43 Å². The molecule has 0 radical (unpaired) electrons. The van der Waals surface area contributed by atoms with Crippen LogP contribution in [0.1, 0.15) is 45.9 Å². The zero-order valence-corrected chi connectivity index (χ0v) is 36.2. The normalized spacial score (nSPS) is 11.2. The Balaban J connectivity index is 0.000000216. The fourth-order valence-corrected chi connectivity index (χ4v) is 8.44. The van der Waals surface area contributed by atoms with Crippen molar-refractivity contribution in [2.24, 2.45) is 0 Å². The standard InChI is InChI=1S/2C28H28N.O3P/c2*1-5-13-25(14-6-1)21-29(22-26-15-7-2-8-16-26,23-27-17-9-3-10-18-27)24-28-19-11-4-12-20-28;1-4(2)3/h2*1-20H,21-24H2;/q2*+1;-3/p+1. The topological polar surface area (TPSA) is 69.2 Å². The third-order valence-corrected chi connectivity index (χ3v) is 10.9. The molecule has 0 aliphatic rings. The molecule has 0 aliphatic heterocycles. The second kappa shape index (κ2) is 24.4. The number of hydrogen-bond donors (Lipinski definition) is 0. The quantitative estimate of drug-likeness (QED) is 0.0719. The van der Waals surface area contributed by atoms with Crippen LogP contribution in [0.15, 0.2) is 243 Å². The van der Waals surface area contributed by atoms with Gasteiger partial charge in [-0.3, -0.25) is 0 Å². The lowest BCUT2D eigenvalue weighted by Crippen LogP contribution is -2.45. The van der Waals surface area contributed by atoms with Crippen LogP contribution in [0.25, 0.3) is 0 Å². The summed E-state index contributed by atoms with van der Waals surface area (Å²) in [6.45, 7) is 8.00. The molecule has 0 saturated heterocycles. The van der Waals surface area contributed by atoms with E-state index in [0.29, 0.717) is 0 Å². The van der Waals surface area contributed by atoms with Crippen LogP contribution >= 0.6 is 8.60 Å². The third-order valence-electron chi connectivity index (χ3n) is 10.9. The van der Waals surface area contributed by atoms with E-state index < -0.39 is 8.60 Å². The fourth-order valence-electron chi connectivity index (χ4n) is 8.44. The minimum atomic E-state index is -3.37. The van der Waals surface area contributed by atoms with Crippen LogP contribution in [-0.4, -0.2) is 8.97 Å². The molecular formula is C56H57N2O3P. The van der Waals surface area contributed by atoms with E-state index >= 15 is 0 Å². The Morgan fingerprint density at radius 3 is 0.419 bits per heavy atom. The number of nitrogens with zero attached hydrogens (tertiary/aromatic N) is 2. The summed E-state index contributed by atoms with van der Waals surface area (Å²) < 4.78 is 1.92. The van der Waals surface area contributed by atoms with Crippen molar-refractivity contribution in [2.75, 3.05) is 0 Å². The van der Waals surface area contributed by atoms with E-state index in [4.69, 9.17) is 14.7 Å². The summed E-state index contributed by atoms with van der Waals surface area (Å²) >= 11 is 0. The van der Waals surface area contributed by atoms with E-state index in [9.17, 15) is 0 Å². The highest BCUT2D eigenvalue weighted by Crippen LogP contribution is 2.29. The van der Waals surface area contributed by atoms with Crippen molar-refractivity contribution >= 4 is 8.60 Å². The average Bonchev–Trinajstić information content (AvgIpc) is 3.29. The fraction of sp³-hybridized carbons (Fsp3) is 0.143. The molecule has 0 saturated carbocycles. The van der Waals surface area contributed by atoms with Crippen molar-refractivity contribution in [1.29, 1.82) is 0 Å². The van der Waals surface area contributed by atoms with Gasteiger partial charge in [-0.1, -0.05) is 243 Å². The first-order chi connectivity index (χ1) is 30.4. The molecule has 0 amide bonds. The van der Waals surface area contributed by atoms with E-state index in [1.54, 1.807) is 0 Å². The predicted molar refractivity (Wildman–Crippen MR) is 250 cm³/mol. The molecule has 8 aromatic carbocycles. The lowest BCUT2D eigenvalue weighted by Gasteiger charge is -2.39. The van der Waals surface area contributed by atoms with Crippen LogP contribution in [0.3, 0.4) is 0 Å². The monoisotopic (exact) mass is 836 g/mol. The number of rotatable bonds is 16. The lowest BCUT2D eigenvalue weighted by molar-refractivity contribution is -0.978. The predicted octanol–water partition coefficient (Wildman–Crippen LogP) is 10.6. The van der Waals surface area contributed by atoms with Gasteiger partial charge in [0.05, 0.1) is 0 Å². The van der Waals surface area contributed by atoms with E-state index in [-0.39, 0.29) is 1.43 Å². The summed E-state index contributed by atoms with van der Waals surface area (Å²) in [5.41, 5.74) is 11.1. The molecule has 62 heavy (non-hydrogen) atoms. The Morgan fingerprint density at radius 2 is 0.323 bits per heavy atom. The minimum Gasteiger partial charge on any atom is -0.854 e. The SMILES string of the molecule is [H+].[O-]P([O-])[O-].c1ccc(C[N+](Cc2ccccc2)(Cc2ccccc2)Cc2ccccc2)cc1.c1ccc(C[N+](Cc2ccccc2)(Cc2ccccc2)Cc2ccccc2)cc1. The van der Waals surface area contributed by atoms with E-state index in [1.165, 1.54) is 44.5 Å². The zero-order valence-electron chi connectivity index (χ0n) is 36.3. The second-order valence-corrected chi connectivity index (χ2v) is 16.5. The largest absolute Gasteiger partial charge is 1.00 e. The van der Waals surface area contributed by atoms with E-state index in [2.05, 4.69) is 243 Å². The third kappa shape index (κ3) is 15.8. The molecule has 8 aromatic rings. The molecule has 0 atom stereocenters. The number of quaternary nitrogens is 2. The van der Waals surface area contributed by atoms with Gasteiger partial charge < -0.3 is 32.2 Å². The summed E-state index contributed by atoms with van der Waals surface area (Å²) in [6, 6.07) is 87.3. The first-order valence-electron chi connectivity index (χ1n) is 21.2. The molecule has 5 nitrogen and oxygen atoms in total. The van der Waals surface area contributed by atoms with Crippen molar-refractivity contribution < 1.29 is 25.1 Å². The first-order valence-corrected chi connectivity index (χ1v) is 22.3. The second-order valence-electron chi connectivity index (χ2n) is 16.1. The van der Waals surface area contributed by atoms with Crippen LogP contribution < -0.4 is 14.7 Å². The maximum atomic E-state index is 8.48. The minimum absolute atomic E-state index is 0. The van der Waals surface area contributed by atoms with Crippen LogP contribution in [-0.2, 0) is 52.4 Å². The van der Waals surface area contributed by atoms with E-state index in [1.807, 2.05) is 0 Å². The summed E-state index contributed by atoms with van der Waals surface area (Å²) in [5.74, 6) is 0. The molecule has 0 aliphatic carbocycles. The Morgan fingerprint density at radius 1 is 0.226 bits per heavy atom. The zero-order chi connectivity index (χ0) is 43.1. The van der Waals surface area contributed by atoms with Crippen LogP contribution in [0.5, 0.6) is 0 Å². The van der Waals surface area contributed by atoms with Crippen molar-refractivity contribution in [2.45, 2.75) is 52.4 Å². The van der Waals surface area contributed by atoms with Gasteiger partial charge in [0.1, 0.15) is 52.4 Å². The van der Waals surface area contributed by atoms with Gasteiger partial charge in [0.15, 0.2) is 0 Å². The van der Waals surface area contributed by atoms with Crippen LogP contribution in [0.2, 0.25) is 0 Å². The van der Waals surface area contributed by atoms with Gasteiger partial charge in [0, 0.05) is 44.5 Å². The molecule has 0 spiro atoms. The highest BCUT2D eigenvalue weighted by molar-refractivity contribution is 7.33. The molecule has 0 N–H and O–H groups in total. The van der Waals surface area contributed by atoms with Gasteiger partial charge in [-0.05, 0) is 0 Å². The van der Waals surface area contributed by atoms with Crippen molar-refractivity contribution in [1.82, 2.24) is 0 Å². The smallest absolute Gasteiger partial charge is 0.854 e. The molecule has 314 valence electrons. The summed E-state index contributed by atoms with van der Waals surface area (Å²) in [4.78, 5) is 25.4.